The van der Waals surface area contributed by atoms with Crippen LogP contribution in [-0.2, 0) is 4.74 Å². The first kappa shape index (κ1) is 17.7. The van der Waals surface area contributed by atoms with Crippen molar-refractivity contribution in [2.24, 2.45) is 0 Å². The Bertz CT molecular complexity index is 693. The summed E-state index contributed by atoms with van der Waals surface area (Å²) >= 11 is 6.00. The number of nitrogen functional groups attached to an aromatic ring is 1. The van der Waals surface area contributed by atoms with E-state index in [4.69, 9.17) is 22.1 Å². The Morgan fingerprint density at radius 3 is 2.80 bits per heavy atom. The first-order valence-electron chi connectivity index (χ1n) is 8.39. The molecular formula is C17H23ClN6O. The Labute approximate surface area is 152 Å². The number of nitrogens with one attached hydrogen (secondary N) is 2. The lowest BCUT2D eigenvalue weighted by Gasteiger charge is -2.26. The number of hydrogen-bond acceptors (Lipinski definition) is 7. The standard InChI is InChI=1S/C17H23ClN6O/c18-13-3-1-4-14(11-13)23-17-15(19)16(21-12-22-17)20-5-2-6-24-7-9-25-10-8-24/h1,3-4,11-12H,2,5-10,19H2,(H2,20,21,22,23). The zero-order valence-corrected chi connectivity index (χ0v) is 14.8. The Kier molecular flexibility index (Phi) is 6.27. The minimum absolute atomic E-state index is 0.494. The summed E-state index contributed by atoms with van der Waals surface area (Å²) in [4.78, 5) is 10.9. The van der Waals surface area contributed by atoms with Gasteiger partial charge in [0, 0.05) is 30.3 Å². The van der Waals surface area contributed by atoms with Crippen molar-refractivity contribution in [1.29, 1.82) is 0 Å². The van der Waals surface area contributed by atoms with E-state index in [0.29, 0.717) is 22.3 Å². The normalized spacial score (nSPS) is 15.1. The molecule has 1 aromatic heterocycles. The molecule has 0 bridgehead atoms. The Morgan fingerprint density at radius 1 is 1.20 bits per heavy atom. The number of benzene rings is 1. The van der Waals surface area contributed by atoms with Crippen LogP contribution in [0.1, 0.15) is 6.42 Å². The topological polar surface area (TPSA) is 88.3 Å². The molecule has 1 saturated heterocycles. The van der Waals surface area contributed by atoms with Gasteiger partial charge in [0.15, 0.2) is 11.6 Å². The molecule has 1 aliphatic heterocycles. The summed E-state index contributed by atoms with van der Waals surface area (Å²) in [7, 11) is 0. The molecule has 3 rings (SSSR count). The number of nitrogens with zero attached hydrogens (tertiary/aromatic N) is 3. The second kappa shape index (κ2) is 8.84. The van der Waals surface area contributed by atoms with Crippen molar-refractivity contribution >= 4 is 34.6 Å². The highest BCUT2D eigenvalue weighted by Crippen LogP contribution is 2.26. The van der Waals surface area contributed by atoms with Gasteiger partial charge in [-0.05, 0) is 31.2 Å². The van der Waals surface area contributed by atoms with Gasteiger partial charge in [-0.3, -0.25) is 4.90 Å². The molecule has 7 nitrogen and oxygen atoms in total. The SMILES string of the molecule is Nc1c(NCCCN2CCOCC2)ncnc1Nc1cccc(Cl)c1. The lowest BCUT2D eigenvalue weighted by atomic mass is 10.3. The third-order valence-electron chi connectivity index (χ3n) is 4.02. The average molecular weight is 363 g/mol. The number of nitrogens with two attached hydrogens (primary N) is 1. The molecule has 0 spiro atoms. The van der Waals surface area contributed by atoms with Crippen LogP contribution in [-0.4, -0.2) is 54.3 Å². The molecule has 134 valence electrons. The van der Waals surface area contributed by atoms with E-state index in [9.17, 15) is 0 Å². The van der Waals surface area contributed by atoms with Crippen molar-refractivity contribution in [3.05, 3.63) is 35.6 Å². The predicted octanol–water partition coefficient (Wildman–Crippen LogP) is 2.59. The molecule has 1 fully saturated rings. The summed E-state index contributed by atoms with van der Waals surface area (Å²) in [6.45, 7) is 5.49. The first-order chi connectivity index (χ1) is 12.2. The molecule has 0 unspecified atom stereocenters. The Hall–Kier alpha value is -2.09. The summed E-state index contributed by atoms with van der Waals surface area (Å²) in [6, 6.07) is 7.41. The van der Waals surface area contributed by atoms with E-state index in [1.807, 2.05) is 24.3 Å². The van der Waals surface area contributed by atoms with Gasteiger partial charge >= 0.3 is 0 Å². The average Bonchev–Trinajstić information content (AvgIpc) is 2.62. The molecule has 2 heterocycles. The number of aromatic nitrogens is 2. The summed E-state index contributed by atoms with van der Waals surface area (Å²) in [5, 5.41) is 7.11. The minimum Gasteiger partial charge on any atom is -0.393 e. The van der Waals surface area contributed by atoms with Crippen LogP contribution in [0.25, 0.3) is 0 Å². The van der Waals surface area contributed by atoms with Crippen molar-refractivity contribution < 1.29 is 4.74 Å². The molecule has 2 aromatic rings. The van der Waals surface area contributed by atoms with Crippen LogP contribution in [0.15, 0.2) is 30.6 Å². The van der Waals surface area contributed by atoms with Gasteiger partial charge < -0.3 is 21.1 Å². The number of halogens is 1. The maximum atomic E-state index is 6.18. The van der Waals surface area contributed by atoms with Gasteiger partial charge in [0.05, 0.1) is 13.2 Å². The summed E-state index contributed by atoms with van der Waals surface area (Å²) < 4.78 is 5.35. The zero-order chi connectivity index (χ0) is 17.5. The van der Waals surface area contributed by atoms with Gasteiger partial charge in [-0.15, -0.1) is 0 Å². The Balaban J connectivity index is 1.53. The van der Waals surface area contributed by atoms with Crippen LogP contribution >= 0.6 is 11.6 Å². The molecule has 0 saturated carbocycles. The largest absolute Gasteiger partial charge is 0.393 e. The number of ether oxygens (including phenoxy) is 1. The van der Waals surface area contributed by atoms with Crippen LogP contribution in [0.3, 0.4) is 0 Å². The van der Waals surface area contributed by atoms with Crippen LogP contribution < -0.4 is 16.4 Å². The molecule has 0 radical (unpaired) electrons. The van der Waals surface area contributed by atoms with E-state index < -0.39 is 0 Å². The van der Waals surface area contributed by atoms with Crippen LogP contribution in [0.4, 0.5) is 23.0 Å². The van der Waals surface area contributed by atoms with Crippen molar-refractivity contribution in [1.82, 2.24) is 14.9 Å². The van der Waals surface area contributed by atoms with Crippen LogP contribution in [0.5, 0.6) is 0 Å². The molecule has 1 aliphatic rings. The predicted molar refractivity (Wildman–Crippen MR) is 102 cm³/mol. The lowest BCUT2D eigenvalue weighted by molar-refractivity contribution is 0.0378. The highest BCUT2D eigenvalue weighted by atomic mass is 35.5. The molecule has 1 aromatic carbocycles. The lowest BCUT2D eigenvalue weighted by Crippen LogP contribution is -2.37. The van der Waals surface area contributed by atoms with Gasteiger partial charge in [0.2, 0.25) is 0 Å². The van der Waals surface area contributed by atoms with Gasteiger partial charge in [-0.1, -0.05) is 17.7 Å². The van der Waals surface area contributed by atoms with E-state index in [0.717, 1.165) is 51.5 Å². The molecular weight excluding hydrogens is 340 g/mol. The van der Waals surface area contributed by atoms with Crippen molar-refractivity contribution in [2.45, 2.75) is 6.42 Å². The van der Waals surface area contributed by atoms with E-state index in [2.05, 4.69) is 25.5 Å². The maximum absolute atomic E-state index is 6.18. The van der Waals surface area contributed by atoms with E-state index in [1.54, 1.807) is 0 Å². The zero-order valence-electron chi connectivity index (χ0n) is 14.0. The fraction of sp³-hybridized carbons (Fsp3) is 0.412. The second-order valence-corrected chi connectivity index (χ2v) is 6.29. The maximum Gasteiger partial charge on any atom is 0.159 e. The highest BCUT2D eigenvalue weighted by molar-refractivity contribution is 6.30. The number of hydrogen-bond donors (Lipinski definition) is 3. The smallest absolute Gasteiger partial charge is 0.159 e. The molecule has 0 atom stereocenters. The van der Waals surface area contributed by atoms with Crippen LogP contribution in [0.2, 0.25) is 5.02 Å². The van der Waals surface area contributed by atoms with Gasteiger partial charge in [0.25, 0.3) is 0 Å². The number of anilines is 4. The molecule has 0 amide bonds. The van der Waals surface area contributed by atoms with E-state index in [-0.39, 0.29) is 0 Å². The summed E-state index contributed by atoms with van der Waals surface area (Å²) in [5.41, 5.74) is 7.51. The third kappa shape index (κ3) is 5.19. The van der Waals surface area contributed by atoms with Gasteiger partial charge in [0.1, 0.15) is 12.0 Å². The highest BCUT2D eigenvalue weighted by Gasteiger charge is 2.11. The second-order valence-electron chi connectivity index (χ2n) is 5.85. The quantitative estimate of drug-likeness (QED) is 0.652. The number of rotatable bonds is 7. The van der Waals surface area contributed by atoms with Crippen molar-refractivity contribution in [2.75, 3.05) is 55.8 Å². The van der Waals surface area contributed by atoms with E-state index >= 15 is 0 Å². The Morgan fingerprint density at radius 2 is 2.00 bits per heavy atom. The van der Waals surface area contributed by atoms with Gasteiger partial charge in [-0.25, -0.2) is 9.97 Å². The summed E-state index contributed by atoms with van der Waals surface area (Å²) in [5.74, 6) is 1.20. The third-order valence-corrected chi connectivity index (χ3v) is 4.25. The van der Waals surface area contributed by atoms with Crippen molar-refractivity contribution in [3.63, 3.8) is 0 Å². The minimum atomic E-state index is 0.494. The fourth-order valence-electron chi connectivity index (χ4n) is 2.67. The number of morpholine rings is 1. The molecule has 4 N–H and O–H groups in total. The first-order valence-corrected chi connectivity index (χ1v) is 8.77. The van der Waals surface area contributed by atoms with Crippen molar-refractivity contribution in [3.8, 4) is 0 Å². The molecule has 0 aliphatic carbocycles. The molecule has 25 heavy (non-hydrogen) atoms. The van der Waals surface area contributed by atoms with Gasteiger partial charge in [-0.2, -0.15) is 0 Å². The monoisotopic (exact) mass is 362 g/mol. The fourth-order valence-corrected chi connectivity index (χ4v) is 2.86. The van der Waals surface area contributed by atoms with Crippen LogP contribution in [0, 0.1) is 0 Å². The van der Waals surface area contributed by atoms with E-state index in [1.165, 1.54) is 6.33 Å². The summed E-state index contributed by atoms with van der Waals surface area (Å²) in [6.07, 6.45) is 2.51. The molecule has 8 heteroatoms.